The molecule has 0 bridgehead atoms. The Morgan fingerprint density at radius 3 is 3.00 bits per heavy atom. The average molecular weight is 288 g/mol. The molecule has 1 fully saturated rings. The van der Waals surface area contributed by atoms with E-state index in [-0.39, 0.29) is 11.8 Å². The number of carbonyl (C=O) groups excluding carboxylic acids is 2. The van der Waals surface area contributed by atoms with Crippen LogP contribution in [0, 0.1) is 0 Å². The van der Waals surface area contributed by atoms with E-state index in [1.807, 2.05) is 6.92 Å². The molecule has 1 aliphatic rings. The second-order valence-electron chi connectivity index (χ2n) is 4.07. The van der Waals surface area contributed by atoms with Crippen LogP contribution in [0.5, 0.6) is 0 Å². The van der Waals surface area contributed by atoms with Crippen LogP contribution >= 0.6 is 22.9 Å². The van der Waals surface area contributed by atoms with E-state index >= 15 is 0 Å². The van der Waals surface area contributed by atoms with Crippen LogP contribution in [0.3, 0.4) is 0 Å². The van der Waals surface area contributed by atoms with Crippen molar-refractivity contribution in [2.45, 2.75) is 32.2 Å². The van der Waals surface area contributed by atoms with Gasteiger partial charge in [0.25, 0.3) is 0 Å². The van der Waals surface area contributed by atoms with Crippen LogP contribution < -0.4 is 5.32 Å². The number of thiazole rings is 1. The lowest BCUT2D eigenvalue weighted by Crippen LogP contribution is -2.44. The lowest BCUT2D eigenvalue weighted by molar-refractivity contribution is -0.135. The Hall–Kier alpha value is -1.14. The van der Waals surface area contributed by atoms with Gasteiger partial charge in [-0.25, -0.2) is 4.98 Å². The number of amides is 2. The van der Waals surface area contributed by atoms with E-state index in [2.05, 4.69) is 10.3 Å². The van der Waals surface area contributed by atoms with Crippen molar-refractivity contribution in [2.75, 3.05) is 11.9 Å². The first-order chi connectivity index (χ1) is 8.61. The summed E-state index contributed by atoms with van der Waals surface area (Å²) >= 11 is 6.95. The van der Waals surface area contributed by atoms with Crippen LogP contribution in [0.4, 0.5) is 5.13 Å². The van der Waals surface area contributed by atoms with Gasteiger partial charge in [0.1, 0.15) is 10.4 Å². The minimum atomic E-state index is -0.414. The molecular formula is C11H14ClN3O2S. The van der Waals surface area contributed by atoms with Gasteiger partial charge >= 0.3 is 0 Å². The summed E-state index contributed by atoms with van der Waals surface area (Å²) in [6, 6.07) is -0.414. The largest absolute Gasteiger partial charge is 0.331 e. The number of anilines is 1. The highest BCUT2D eigenvalue weighted by Gasteiger charge is 2.31. The molecule has 0 aliphatic carbocycles. The third-order valence-electron chi connectivity index (χ3n) is 2.88. The van der Waals surface area contributed by atoms with Gasteiger partial charge < -0.3 is 10.2 Å². The van der Waals surface area contributed by atoms with E-state index in [0.717, 1.165) is 6.42 Å². The van der Waals surface area contributed by atoms with Gasteiger partial charge in [0, 0.05) is 13.0 Å². The summed E-state index contributed by atoms with van der Waals surface area (Å²) in [4.78, 5) is 29.4. The zero-order chi connectivity index (χ0) is 13.1. The minimum absolute atomic E-state index is 0.0502. The molecule has 7 heteroatoms. The number of carbonyl (C=O) groups is 2. The third-order valence-corrected chi connectivity index (χ3v) is 3.91. The zero-order valence-electron chi connectivity index (χ0n) is 9.98. The van der Waals surface area contributed by atoms with Crippen molar-refractivity contribution < 1.29 is 9.59 Å². The summed E-state index contributed by atoms with van der Waals surface area (Å²) in [6.07, 6.45) is 3.44. The lowest BCUT2D eigenvalue weighted by atomic mass is 10.2. The Bertz CT molecular complexity index is 463. The number of nitrogens with zero attached hydrogens (tertiary/aromatic N) is 2. The first-order valence-electron chi connectivity index (χ1n) is 5.83. The van der Waals surface area contributed by atoms with E-state index in [0.29, 0.717) is 28.9 Å². The highest BCUT2D eigenvalue weighted by Crippen LogP contribution is 2.23. The van der Waals surface area contributed by atoms with Gasteiger partial charge in [-0.15, -0.1) is 0 Å². The molecule has 1 atom stereocenters. The zero-order valence-corrected chi connectivity index (χ0v) is 11.6. The third kappa shape index (κ3) is 2.81. The van der Waals surface area contributed by atoms with E-state index in [1.165, 1.54) is 17.5 Å². The summed E-state index contributed by atoms with van der Waals surface area (Å²) < 4.78 is 0.524. The molecule has 0 spiro atoms. The van der Waals surface area contributed by atoms with Crippen LogP contribution in [0.1, 0.15) is 26.2 Å². The molecule has 1 aromatic heterocycles. The van der Waals surface area contributed by atoms with E-state index in [9.17, 15) is 9.59 Å². The smallest absolute Gasteiger partial charge is 0.248 e. The maximum atomic E-state index is 12.1. The maximum Gasteiger partial charge on any atom is 0.248 e. The van der Waals surface area contributed by atoms with Crippen molar-refractivity contribution in [1.82, 2.24) is 9.88 Å². The second-order valence-corrected chi connectivity index (χ2v) is 5.74. The number of hydrogen-bond donors (Lipinski definition) is 1. The molecule has 98 valence electrons. The van der Waals surface area contributed by atoms with Crippen LogP contribution in [0.25, 0.3) is 0 Å². The predicted molar refractivity (Wildman–Crippen MR) is 70.8 cm³/mol. The number of halogens is 1. The second kappa shape index (κ2) is 5.67. The fourth-order valence-corrected chi connectivity index (χ4v) is 2.86. The number of likely N-dealkylation sites (tertiary alicyclic amines) is 1. The van der Waals surface area contributed by atoms with Crippen LogP contribution in [-0.2, 0) is 9.59 Å². The highest BCUT2D eigenvalue weighted by molar-refractivity contribution is 7.19. The van der Waals surface area contributed by atoms with Crippen molar-refractivity contribution in [2.24, 2.45) is 0 Å². The maximum absolute atomic E-state index is 12.1. The summed E-state index contributed by atoms with van der Waals surface area (Å²) in [6.45, 7) is 2.55. The van der Waals surface area contributed by atoms with Crippen LogP contribution in [-0.4, -0.2) is 34.3 Å². The summed E-state index contributed by atoms with van der Waals surface area (Å²) in [5.74, 6) is -0.145. The van der Waals surface area contributed by atoms with Gasteiger partial charge in [-0.2, -0.15) is 0 Å². The van der Waals surface area contributed by atoms with Crippen LogP contribution in [0.2, 0.25) is 4.34 Å². The lowest BCUT2D eigenvalue weighted by Gasteiger charge is -2.25. The Kier molecular flexibility index (Phi) is 4.19. The Morgan fingerprint density at radius 1 is 1.72 bits per heavy atom. The Labute approximate surface area is 114 Å². The predicted octanol–water partition coefficient (Wildman–Crippen LogP) is 2.14. The average Bonchev–Trinajstić information content (AvgIpc) is 2.90. The number of hydrogen-bond acceptors (Lipinski definition) is 4. The topological polar surface area (TPSA) is 62.3 Å². The molecule has 0 aromatic carbocycles. The molecule has 0 radical (unpaired) electrons. The Balaban J connectivity index is 2.03. The standard InChI is InChI=1S/C11H14ClN3O2S/c1-2-7(15-5-3-4-9(15)16)10(17)14-11-13-6-8(12)18-11/h6-7H,2-5H2,1H3,(H,13,14,17). The molecule has 1 saturated heterocycles. The molecule has 2 rings (SSSR count). The molecule has 1 unspecified atom stereocenters. The first kappa shape index (κ1) is 13.3. The van der Waals surface area contributed by atoms with Crippen molar-refractivity contribution in [1.29, 1.82) is 0 Å². The van der Waals surface area contributed by atoms with Gasteiger partial charge in [0.15, 0.2) is 5.13 Å². The molecule has 2 heterocycles. The molecule has 0 saturated carbocycles. The SMILES string of the molecule is CCC(C(=O)Nc1ncc(Cl)s1)N1CCCC1=O. The Morgan fingerprint density at radius 2 is 2.50 bits per heavy atom. The van der Waals surface area contributed by atoms with Crippen molar-refractivity contribution in [3.05, 3.63) is 10.5 Å². The molecule has 1 N–H and O–H groups in total. The molecule has 5 nitrogen and oxygen atoms in total. The minimum Gasteiger partial charge on any atom is -0.331 e. The van der Waals surface area contributed by atoms with Gasteiger partial charge in [-0.3, -0.25) is 9.59 Å². The molecule has 18 heavy (non-hydrogen) atoms. The fraction of sp³-hybridized carbons (Fsp3) is 0.545. The van der Waals surface area contributed by atoms with Crippen LogP contribution in [0.15, 0.2) is 6.20 Å². The van der Waals surface area contributed by atoms with E-state index in [1.54, 1.807) is 4.90 Å². The quantitative estimate of drug-likeness (QED) is 0.923. The normalized spacial score (nSPS) is 17.0. The summed E-state index contributed by atoms with van der Waals surface area (Å²) in [5.41, 5.74) is 0. The molecule has 2 amide bonds. The monoisotopic (exact) mass is 287 g/mol. The van der Waals surface area contributed by atoms with Gasteiger partial charge in [-0.1, -0.05) is 29.9 Å². The first-order valence-corrected chi connectivity index (χ1v) is 7.03. The summed E-state index contributed by atoms with van der Waals surface area (Å²) in [5, 5.41) is 3.17. The number of aromatic nitrogens is 1. The van der Waals surface area contributed by atoms with E-state index < -0.39 is 6.04 Å². The number of nitrogens with one attached hydrogen (secondary N) is 1. The number of rotatable bonds is 4. The van der Waals surface area contributed by atoms with E-state index in [4.69, 9.17) is 11.6 Å². The fourth-order valence-electron chi connectivity index (χ4n) is 2.05. The van der Waals surface area contributed by atoms with Crippen molar-refractivity contribution in [3.63, 3.8) is 0 Å². The van der Waals surface area contributed by atoms with Gasteiger partial charge in [0.2, 0.25) is 11.8 Å². The summed E-state index contributed by atoms with van der Waals surface area (Å²) in [7, 11) is 0. The molecule has 1 aromatic rings. The van der Waals surface area contributed by atoms with Gasteiger partial charge in [-0.05, 0) is 12.8 Å². The molecule has 1 aliphatic heterocycles. The van der Waals surface area contributed by atoms with Gasteiger partial charge in [0.05, 0.1) is 6.20 Å². The molecular weight excluding hydrogens is 274 g/mol. The van der Waals surface area contributed by atoms with Crippen molar-refractivity contribution >= 4 is 39.9 Å². The van der Waals surface area contributed by atoms with Crippen molar-refractivity contribution in [3.8, 4) is 0 Å². The highest BCUT2D eigenvalue weighted by atomic mass is 35.5.